The summed E-state index contributed by atoms with van der Waals surface area (Å²) in [5.74, 6) is -1.34. The third-order valence-electron chi connectivity index (χ3n) is 1.33. The van der Waals surface area contributed by atoms with Crippen molar-refractivity contribution in [2.24, 2.45) is 0 Å². The fraction of sp³-hybridized carbons (Fsp3) is 0.455. The summed E-state index contributed by atoms with van der Waals surface area (Å²) in [6.45, 7) is 8.35. The zero-order valence-electron chi connectivity index (χ0n) is 9.44. The van der Waals surface area contributed by atoms with Crippen molar-refractivity contribution in [1.82, 2.24) is 0 Å². The first-order valence-electron chi connectivity index (χ1n) is 4.74. The van der Waals surface area contributed by atoms with Crippen LogP contribution in [0.3, 0.4) is 0 Å². The molecule has 0 heterocycles. The highest BCUT2D eigenvalue weighted by molar-refractivity contribution is 5.84. The van der Waals surface area contributed by atoms with Crippen molar-refractivity contribution in [3.63, 3.8) is 0 Å². The summed E-state index contributed by atoms with van der Waals surface area (Å²) < 4.78 is 4.63. The van der Waals surface area contributed by atoms with E-state index in [9.17, 15) is 9.59 Å². The highest BCUT2D eigenvalue weighted by atomic mass is 16.5. The Morgan fingerprint density at radius 2 is 1.88 bits per heavy atom. The maximum atomic E-state index is 10.4. The molecule has 2 N–H and O–H groups in total. The Hall–Kier alpha value is -1.62. The van der Waals surface area contributed by atoms with Gasteiger partial charge in [0.05, 0.1) is 6.61 Å². The molecule has 0 unspecified atom stereocenters. The number of unbranched alkanes of at least 4 members (excludes halogenated alkanes) is 1. The summed E-state index contributed by atoms with van der Waals surface area (Å²) in [5, 5.41) is 16.2. The van der Waals surface area contributed by atoms with Crippen molar-refractivity contribution in [3.05, 3.63) is 24.8 Å². The molecule has 5 nitrogen and oxygen atoms in total. The van der Waals surface area contributed by atoms with Crippen LogP contribution in [0.1, 0.15) is 19.8 Å². The number of carbonyl (C=O) groups is 2. The van der Waals surface area contributed by atoms with Crippen LogP contribution in [0.4, 0.5) is 0 Å². The number of esters is 1. The Labute approximate surface area is 95.0 Å². The monoisotopic (exact) mass is 230 g/mol. The number of aliphatic carboxylic acids is 1. The molecule has 0 aromatic rings. The first kappa shape index (κ1) is 16.8. The number of aliphatic hydroxyl groups is 1. The highest BCUT2D eigenvalue weighted by Gasteiger charge is 1.93. The average Bonchev–Trinajstić information content (AvgIpc) is 2.24. The van der Waals surface area contributed by atoms with Crippen LogP contribution in [-0.4, -0.2) is 35.4 Å². The molecule has 0 saturated heterocycles. The summed E-state index contributed by atoms with van der Waals surface area (Å²) in [6, 6.07) is 0. The molecule has 92 valence electrons. The number of hydrogen-bond donors (Lipinski definition) is 2. The van der Waals surface area contributed by atoms with Gasteiger partial charge in [-0.3, -0.25) is 0 Å². The molecular formula is C11H18O5. The van der Waals surface area contributed by atoms with Crippen LogP contribution < -0.4 is 0 Å². The third kappa shape index (κ3) is 14.9. The zero-order valence-corrected chi connectivity index (χ0v) is 9.44. The first-order valence-corrected chi connectivity index (χ1v) is 4.74. The Kier molecular flexibility index (Phi) is 12.0. The molecule has 0 radical (unpaired) electrons. The van der Waals surface area contributed by atoms with Gasteiger partial charge in [-0.1, -0.05) is 13.2 Å². The predicted octanol–water partition coefficient (Wildman–Crippen LogP) is 1.14. The van der Waals surface area contributed by atoms with Gasteiger partial charge in [-0.05, 0) is 19.8 Å². The van der Waals surface area contributed by atoms with Crippen LogP contribution in [-0.2, 0) is 14.3 Å². The number of hydrogen-bond acceptors (Lipinski definition) is 4. The second-order valence-corrected chi connectivity index (χ2v) is 2.89. The topological polar surface area (TPSA) is 83.8 Å². The van der Waals surface area contributed by atoms with E-state index in [4.69, 9.17) is 10.2 Å². The zero-order chi connectivity index (χ0) is 13.0. The first-order chi connectivity index (χ1) is 7.45. The van der Waals surface area contributed by atoms with E-state index in [0.29, 0.717) is 19.4 Å². The van der Waals surface area contributed by atoms with Gasteiger partial charge in [0.2, 0.25) is 0 Å². The van der Waals surface area contributed by atoms with E-state index < -0.39 is 11.9 Å². The van der Waals surface area contributed by atoms with Gasteiger partial charge in [0.1, 0.15) is 0 Å². The van der Waals surface area contributed by atoms with Gasteiger partial charge in [0, 0.05) is 18.3 Å². The molecule has 0 fully saturated rings. The van der Waals surface area contributed by atoms with Crippen LogP contribution in [0, 0.1) is 0 Å². The molecule has 0 aliphatic carbocycles. The maximum absolute atomic E-state index is 10.4. The van der Waals surface area contributed by atoms with E-state index in [1.54, 1.807) is 0 Å². The van der Waals surface area contributed by atoms with Gasteiger partial charge >= 0.3 is 11.9 Å². The number of ether oxygens (including phenoxy) is 1. The van der Waals surface area contributed by atoms with E-state index in [1.807, 2.05) is 0 Å². The lowest BCUT2D eigenvalue weighted by atomic mass is 10.3. The number of aliphatic hydroxyl groups excluding tert-OH is 1. The smallest absolute Gasteiger partial charge is 0.330 e. The van der Waals surface area contributed by atoms with Gasteiger partial charge in [-0.2, -0.15) is 0 Å². The molecule has 0 rings (SSSR count). The average molecular weight is 230 g/mol. The molecule has 16 heavy (non-hydrogen) atoms. The SMILES string of the molecule is C=C(C)C(=O)O.C=CC(=O)OCCCCO. The Bertz CT molecular complexity index is 233. The third-order valence-corrected chi connectivity index (χ3v) is 1.33. The fourth-order valence-electron chi connectivity index (χ4n) is 0.446. The van der Waals surface area contributed by atoms with Crippen LogP contribution in [0.5, 0.6) is 0 Å². The summed E-state index contributed by atoms with van der Waals surface area (Å²) in [5.41, 5.74) is 0.176. The van der Waals surface area contributed by atoms with E-state index in [-0.39, 0.29) is 12.2 Å². The lowest BCUT2D eigenvalue weighted by Gasteiger charge is -1.98. The number of rotatable bonds is 6. The quantitative estimate of drug-likeness (QED) is 0.406. The number of carboxylic acid groups (broad SMARTS) is 1. The summed E-state index contributed by atoms with van der Waals surface area (Å²) in [7, 11) is 0. The molecule has 0 aromatic carbocycles. The minimum Gasteiger partial charge on any atom is -0.478 e. The molecular weight excluding hydrogens is 212 g/mol. The Balaban J connectivity index is 0. The molecule has 0 aromatic heterocycles. The van der Waals surface area contributed by atoms with Crippen LogP contribution in [0.15, 0.2) is 24.8 Å². The minimum atomic E-state index is -0.935. The van der Waals surface area contributed by atoms with Crippen molar-refractivity contribution in [2.75, 3.05) is 13.2 Å². The van der Waals surface area contributed by atoms with E-state index >= 15 is 0 Å². The van der Waals surface area contributed by atoms with Gasteiger partial charge in [-0.25, -0.2) is 9.59 Å². The van der Waals surface area contributed by atoms with Crippen LogP contribution in [0.25, 0.3) is 0 Å². The minimum absolute atomic E-state index is 0.144. The van der Waals surface area contributed by atoms with Gasteiger partial charge in [-0.15, -0.1) is 0 Å². The van der Waals surface area contributed by atoms with Crippen molar-refractivity contribution in [2.45, 2.75) is 19.8 Å². The van der Waals surface area contributed by atoms with Gasteiger partial charge in [0.25, 0.3) is 0 Å². The van der Waals surface area contributed by atoms with E-state index in [0.717, 1.165) is 6.08 Å². The molecule has 0 aliphatic heterocycles. The maximum Gasteiger partial charge on any atom is 0.330 e. The molecule has 0 atom stereocenters. The number of carboxylic acids is 1. The standard InChI is InChI=1S/C7H12O3.C4H6O2/c1-2-7(9)10-6-4-3-5-8;1-3(2)4(5)6/h2,8H,1,3-6H2;1H2,2H3,(H,5,6). The fourth-order valence-corrected chi connectivity index (χ4v) is 0.446. The molecule has 5 heteroatoms. The molecule has 0 bridgehead atoms. The van der Waals surface area contributed by atoms with Crippen LogP contribution in [0.2, 0.25) is 0 Å². The Morgan fingerprint density at radius 3 is 2.19 bits per heavy atom. The summed E-state index contributed by atoms with van der Waals surface area (Å²) >= 11 is 0. The Morgan fingerprint density at radius 1 is 1.38 bits per heavy atom. The van der Waals surface area contributed by atoms with Crippen LogP contribution >= 0.6 is 0 Å². The highest BCUT2D eigenvalue weighted by Crippen LogP contribution is 1.88. The molecule has 0 saturated carbocycles. The number of carbonyl (C=O) groups excluding carboxylic acids is 1. The van der Waals surface area contributed by atoms with Crippen molar-refractivity contribution in [3.8, 4) is 0 Å². The van der Waals surface area contributed by atoms with Crippen molar-refractivity contribution in [1.29, 1.82) is 0 Å². The van der Waals surface area contributed by atoms with E-state index in [2.05, 4.69) is 17.9 Å². The van der Waals surface area contributed by atoms with Crippen molar-refractivity contribution >= 4 is 11.9 Å². The summed E-state index contributed by atoms with van der Waals surface area (Å²) in [4.78, 5) is 20.0. The molecule has 0 amide bonds. The summed E-state index contributed by atoms with van der Waals surface area (Å²) in [6.07, 6.45) is 2.50. The second-order valence-electron chi connectivity index (χ2n) is 2.89. The van der Waals surface area contributed by atoms with Gasteiger partial charge in [0.15, 0.2) is 0 Å². The largest absolute Gasteiger partial charge is 0.478 e. The second kappa shape index (κ2) is 11.5. The molecule has 0 aliphatic rings. The normalized spacial score (nSPS) is 8.38. The molecule has 0 spiro atoms. The van der Waals surface area contributed by atoms with E-state index in [1.165, 1.54) is 6.92 Å². The van der Waals surface area contributed by atoms with Crippen molar-refractivity contribution < 1.29 is 24.5 Å². The lowest BCUT2D eigenvalue weighted by molar-refractivity contribution is -0.138. The lowest BCUT2D eigenvalue weighted by Crippen LogP contribution is -2.02. The predicted molar refractivity (Wildman–Crippen MR) is 59.9 cm³/mol. The van der Waals surface area contributed by atoms with Gasteiger partial charge < -0.3 is 14.9 Å².